The molecule has 0 spiro atoms. The van der Waals surface area contributed by atoms with Crippen LogP contribution < -0.4 is 10.9 Å². The molecule has 8 nitrogen and oxygen atoms in total. The molecule has 3 aromatic heterocycles. The summed E-state index contributed by atoms with van der Waals surface area (Å²) in [5.74, 6) is 0.920. The molecular weight excluding hydrogens is 358 g/mol. The van der Waals surface area contributed by atoms with Gasteiger partial charge >= 0.3 is 0 Å². The second-order valence-corrected chi connectivity index (χ2v) is 6.03. The molecule has 4 aromatic rings. The average molecular weight is 375 g/mol. The molecule has 0 unspecified atom stereocenters. The number of hydrogen-bond acceptors (Lipinski definition) is 5. The Labute approximate surface area is 159 Å². The summed E-state index contributed by atoms with van der Waals surface area (Å²) in [6.07, 6.45) is 1.84. The standard InChI is InChI=1S/C20H17N5O3/c1-2-18(26)22-17-11-15(16-9-6-10-28-16)24-25(17)20-21-14(12-19(27)23-20)13-7-4-3-5-8-13/h3-12H,2H2,1H3,(H,22,26)(H,21,23,27). The van der Waals surface area contributed by atoms with Crippen LogP contribution in [-0.2, 0) is 4.79 Å². The Hall–Kier alpha value is -3.94. The number of anilines is 1. The molecule has 0 aliphatic heterocycles. The Morgan fingerprint density at radius 1 is 1.14 bits per heavy atom. The highest BCUT2D eigenvalue weighted by atomic mass is 16.3. The summed E-state index contributed by atoms with van der Waals surface area (Å²) in [7, 11) is 0. The summed E-state index contributed by atoms with van der Waals surface area (Å²) in [5.41, 5.74) is 1.48. The van der Waals surface area contributed by atoms with Crippen LogP contribution in [-0.4, -0.2) is 25.7 Å². The maximum Gasteiger partial charge on any atom is 0.252 e. The van der Waals surface area contributed by atoms with E-state index in [0.29, 0.717) is 29.4 Å². The number of amides is 1. The van der Waals surface area contributed by atoms with Crippen molar-refractivity contribution in [2.45, 2.75) is 13.3 Å². The molecule has 0 saturated carbocycles. The van der Waals surface area contributed by atoms with Gasteiger partial charge in [0.1, 0.15) is 11.5 Å². The number of aromatic nitrogens is 4. The molecule has 0 saturated heterocycles. The summed E-state index contributed by atoms with van der Waals surface area (Å²) in [6.45, 7) is 1.75. The molecule has 0 bridgehead atoms. The third kappa shape index (κ3) is 3.48. The number of hydrogen-bond donors (Lipinski definition) is 2. The number of nitrogens with zero attached hydrogens (tertiary/aromatic N) is 3. The van der Waals surface area contributed by atoms with Gasteiger partial charge in [-0.15, -0.1) is 0 Å². The Morgan fingerprint density at radius 2 is 1.96 bits per heavy atom. The van der Waals surface area contributed by atoms with Gasteiger partial charge in [-0.1, -0.05) is 37.3 Å². The smallest absolute Gasteiger partial charge is 0.252 e. The molecular formula is C20H17N5O3. The number of aromatic amines is 1. The monoisotopic (exact) mass is 375 g/mol. The van der Waals surface area contributed by atoms with Gasteiger partial charge < -0.3 is 9.73 Å². The molecule has 0 aliphatic carbocycles. The fraction of sp³-hybridized carbons (Fsp3) is 0.100. The molecule has 0 fully saturated rings. The average Bonchev–Trinajstić information content (AvgIpc) is 3.38. The van der Waals surface area contributed by atoms with Crippen molar-refractivity contribution < 1.29 is 9.21 Å². The largest absolute Gasteiger partial charge is 0.463 e. The third-order valence-corrected chi connectivity index (χ3v) is 4.07. The number of furan rings is 1. The molecule has 0 aliphatic rings. The van der Waals surface area contributed by atoms with Crippen LogP contribution >= 0.6 is 0 Å². The lowest BCUT2D eigenvalue weighted by atomic mass is 10.1. The van der Waals surface area contributed by atoms with Gasteiger partial charge in [-0.2, -0.15) is 9.78 Å². The Kier molecular flexibility index (Phi) is 4.59. The first-order chi connectivity index (χ1) is 13.6. The highest BCUT2D eigenvalue weighted by Gasteiger charge is 2.17. The Bertz CT molecular complexity index is 1160. The first kappa shape index (κ1) is 17.5. The van der Waals surface area contributed by atoms with Crippen molar-refractivity contribution in [3.05, 3.63) is 71.2 Å². The van der Waals surface area contributed by atoms with Gasteiger partial charge in [-0.3, -0.25) is 14.6 Å². The first-order valence-corrected chi connectivity index (χ1v) is 8.75. The number of carbonyl (C=O) groups is 1. The number of H-pyrrole nitrogens is 1. The van der Waals surface area contributed by atoms with Gasteiger partial charge in [0.05, 0.1) is 12.0 Å². The van der Waals surface area contributed by atoms with Crippen molar-refractivity contribution >= 4 is 11.7 Å². The van der Waals surface area contributed by atoms with E-state index in [0.717, 1.165) is 5.56 Å². The Balaban J connectivity index is 1.85. The Morgan fingerprint density at radius 3 is 2.68 bits per heavy atom. The minimum Gasteiger partial charge on any atom is -0.463 e. The van der Waals surface area contributed by atoms with Crippen LogP contribution in [0.3, 0.4) is 0 Å². The second kappa shape index (κ2) is 7.36. The molecule has 2 N–H and O–H groups in total. The molecule has 0 atom stereocenters. The van der Waals surface area contributed by atoms with Crippen LogP contribution in [0.15, 0.2) is 70.1 Å². The fourth-order valence-electron chi connectivity index (χ4n) is 2.71. The van der Waals surface area contributed by atoms with E-state index in [4.69, 9.17) is 4.42 Å². The second-order valence-electron chi connectivity index (χ2n) is 6.03. The topological polar surface area (TPSA) is 106 Å². The normalized spacial score (nSPS) is 10.8. The van der Waals surface area contributed by atoms with Gasteiger partial charge in [0.2, 0.25) is 11.9 Å². The van der Waals surface area contributed by atoms with Crippen LogP contribution in [0.4, 0.5) is 5.82 Å². The highest BCUT2D eigenvalue weighted by Crippen LogP contribution is 2.25. The van der Waals surface area contributed by atoms with Crippen LogP contribution in [0, 0.1) is 0 Å². The molecule has 1 amide bonds. The van der Waals surface area contributed by atoms with Gasteiger partial charge in [-0.25, -0.2) is 4.98 Å². The molecule has 3 heterocycles. The maximum atomic E-state index is 12.2. The van der Waals surface area contributed by atoms with Crippen molar-refractivity contribution in [1.29, 1.82) is 0 Å². The van der Waals surface area contributed by atoms with E-state index in [9.17, 15) is 9.59 Å². The predicted molar refractivity (Wildman–Crippen MR) is 104 cm³/mol. The minimum absolute atomic E-state index is 0.186. The van der Waals surface area contributed by atoms with Crippen LogP contribution in [0.1, 0.15) is 13.3 Å². The van der Waals surface area contributed by atoms with E-state index < -0.39 is 0 Å². The van der Waals surface area contributed by atoms with Crippen molar-refractivity contribution in [3.63, 3.8) is 0 Å². The van der Waals surface area contributed by atoms with Crippen LogP contribution in [0.25, 0.3) is 28.7 Å². The van der Waals surface area contributed by atoms with Crippen molar-refractivity contribution in [2.75, 3.05) is 5.32 Å². The molecule has 28 heavy (non-hydrogen) atoms. The van der Waals surface area contributed by atoms with Crippen LogP contribution in [0.2, 0.25) is 0 Å². The van der Waals surface area contributed by atoms with Gasteiger partial charge in [0.25, 0.3) is 5.56 Å². The quantitative estimate of drug-likeness (QED) is 0.557. The van der Waals surface area contributed by atoms with Crippen molar-refractivity contribution in [3.8, 4) is 28.7 Å². The zero-order chi connectivity index (χ0) is 19.5. The van der Waals surface area contributed by atoms with Gasteiger partial charge in [0.15, 0.2) is 5.76 Å². The van der Waals surface area contributed by atoms with E-state index in [2.05, 4.69) is 20.4 Å². The zero-order valence-electron chi connectivity index (χ0n) is 15.0. The van der Waals surface area contributed by atoms with E-state index in [1.165, 1.54) is 17.0 Å². The van der Waals surface area contributed by atoms with E-state index in [1.54, 1.807) is 25.1 Å². The summed E-state index contributed by atoms with van der Waals surface area (Å²) in [6, 6.07) is 15.9. The lowest BCUT2D eigenvalue weighted by Crippen LogP contribution is -2.18. The first-order valence-electron chi connectivity index (χ1n) is 8.75. The predicted octanol–water partition coefficient (Wildman–Crippen LogP) is 3.23. The molecule has 140 valence electrons. The molecule has 1 aromatic carbocycles. The van der Waals surface area contributed by atoms with E-state index in [-0.39, 0.29) is 17.4 Å². The van der Waals surface area contributed by atoms with Gasteiger partial charge in [0, 0.05) is 24.1 Å². The summed E-state index contributed by atoms with van der Waals surface area (Å²) in [5, 5.41) is 7.24. The third-order valence-electron chi connectivity index (χ3n) is 4.07. The molecule has 0 radical (unpaired) electrons. The number of benzene rings is 1. The van der Waals surface area contributed by atoms with Gasteiger partial charge in [-0.05, 0) is 12.1 Å². The summed E-state index contributed by atoms with van der Waals surface area (Å²) in [4.78, 5) is 31.4. The van der Waals surface area contributed by atoms with Crippen molar-refractivity contribution in [1.82, 2.24) is 19.7 Å². The number of carbonyl (C=O) groups excluding carboxylic acids is 1. The minimum atomic E-state index is -0.327. The number of rotatable bonds is 5. The fourth-order valence-corrected chi connectivity index (χ4v) is 2.71. The maximum absolute atomic E-state index is 12.2. The van der Waals surface area contributed by atoms with Crippen molar-refractivity contribution in [2.24, 2.45) is 0 Å². The zero-order valence-corrected chi connectivity index (χ0v) is 15.0. The van der Waals surface area contributed by atoms with Crippen LogP contribution in [0.5, 0.6) is 0 Å². The summed E-state index contributed by atoms with van der Waals surface area (Å²) < 4.78 is 6.78. The van der Waals surface area contributed by atoms with E-state index in [1.807, 2.05) is 30.3 Å². The highest BCUT2D eigenvalue weighted by molar-refractivity contribution is 5.90. The lowest BCUT2D eigenvalue weighted by Gasteiger charge is -2.08. The summed E-state index contributed by atoms with van der Waals surface area (Å²) >= 11 is 0. The molecule has 4 rings (SSSR count). The van der Waals surface area contributed by atoms with E-state index >= 15 is 0 Å². The molecule has 8 heteroatoms. The SMILES string of the molecule is CCC(=O)Nc1cc(-c2ccco2)nn1-c1nc(-c2ccccc2)cc(=O)[nH]1. The number of nitrogens with one attached hydrogen (secondary N) is 2. The lowest BCUT2D eigenvalue weighted by molar-refractivity contribution is -0.115.